The van der Waals surface area contributed by atoms with E-state index in [1.54, 1.807) is 6.92 Å². The van der Waals surface area contributed by atoms with Crippen molar-refractivity contribution in [3.8, 4) is 11.1 Å². The quantitative estimate of drug-likeness (QED) is 0.123. The Morgan fingerprint density at radius 3 is 2.32 bits per heavy atom. The van der Waals surface area contributed by atoms with Crippen LogP contribution in [0.1, 0.15) is 66.6 Å². The van der Waals surface area contributed by atoms with Crippen molar-refractivity contribution in [2.24, 2.45) is 0 Å². The Labute approximate surface area is 294 Å². The molecule has 1 saturated heterocycles. The summed E-state index contributed by atoms with van der Waals surface area (Å²) in [5, 5.41) is 26.0. The first-order chi connectivity index (χ1) is 24.2. The number of rotatable bonds is 14. The maximum atomic E-state index is 12.2. The molecule has 2 amide bonds. The second-order valence-electron chi connectivity index (χ2n) is 12.6. The fraction of sp³-hybridized carbons (Fsp3) is 0.350. The molecule has 50 heavy (non-hydrogen) atoms. The first kappa shape index (κ1) is 36.7. The van der Waals surface area contributed by atoms with Crippen molar-refractivity contribution in [1.29, 1.82) is 0 Å². The molecule has 0 spiro atoms. The van der Waals surface area contributed by atoms with E-state index in [0.29, 0.717) is 13.0 Å². The molecule has 5 atom stereocenters. The lowest BCUT2D eigenvalue weighted by molar-refractivity contribution is -0.253. The summed E-state index contributed by atoms with van der Waals surface area (Å²) in [7, 11) is 2.00. The molecule has 10 heteroatoms. The number of nitrogens with one attached hydrogen (secondary N) is 2. The molecule has 264 valence electrons. The van der Waals surface area contributed by atoms with Gasteiger partial charge in [-0.15, -0.1) is 0 Å². The van der Waals surface area contributed by atoms with Crippen LogP contribution in [0, 0.1) is 0 Å². The van der Waals surface area contributed by atoms with E-state index in [2.05, 4.69) is 21.6 Å². The van der Waals surface area contributed by atoms with Crippen LogP contribution in [-0.2, 0) is 32.2 Å². The minimum atomic E-state index is -0.653. The Hall–Kier alpha value is -4.58. The molecule has 4 aromatic carbocycles. The number of aliphatic hydroxyl groups is 2. The van der Waals surface area contributed by atoms with Crippen LogP contribution in [0.2, 0.25) is 0 Å². The zero-order valence-electron chi connectivity index (χ0n) is 28.8. The molecule has 5 rings (SSSR count). The van der Waals surface area contributed by atoms with Crippen LogP contribution in [0.3, 0.4) is 0 Å². The van der Waals surface area contributed by atoms with E-state index in [0.717, 1.165) is 38.9 Å². The summed E-state index contributed by atoms with van der Waals surface area (Å²) in [6.07, 6.45) is -1.12. The topological polar surface area (TPSA) is 130 Å². The number of urea groups is 1. The number of amides is 2. The Morgan fingerprint density at radius 1 is 0.880 bits per heavy atom. The summed E-state index contributed by atoms with van der Waals surface area (Å²) < 4.78 is 18.1. The Morgan fingerprint density at radius 2 is 1.60 bits per heavy atom. The zero-order valence-corrected chi connectivity index (χ0v) is 28.8. The van der Waals surface area contributed by atoms with Gasteiger partial charge in [-0.3, -0.25) is 9.69 Å². The first-order valence-electron chi connectivity index (χ1n) is 17.0. The molecule has 10 nitrogen and oxygen atoms in total. The van der Waals surface area contributed by atoms with Gasteiger partial charge in [0.05, 0.1) is 31.5 Å². The van der Waals surface area contributed by atoms with Gasteiger partial charge in [-0.25, -0.2) is 4.79 Å². The van der Waals surface area contributed by atoms with Crippen LogP contribution >= 0.6 is 0 Å². The van der Waals surface area contributed by atoms with Crippen LogP contribution in [0.25, 0.3) is 11.1 Å². The van der Waals surface area contributed by atoms with Gasteiger partial charge in [0.2, 0.25) is 0 Å². The van der Waals surface area contributed by atoms with Gasteiger partial charge < -0.3 is 35.1 Å². The largest absolute Gasteiger partial charge is 0.465 e. The number of esters is 1. The highest BCUT2D eigenvalue weighted by atomic mass is 16.7. The Balaban J connectivity index is 1.31. The number of aliphatic hydroxyl groups excluding tert-OH is 2. The van der Waals surface area contributed by atoms with Crippen LogP contribution in [0.15, 0.2) is 103 Å². The molecular weight excluding hydrogens is 634 g/mol. The van der Waals surface area contributed by atoms with E-state index in [-0.39, 0.29) is 44.6 Å². The van der Waals surface area contributed by atoms with Crippen LogP contribution in [0.4, 0.5) is 4.79 Å². The number of likely N-dealkylation sites (N-methyl/N-ethyl adjacent to an activating group) is 1. The zero-order chi connectivity index (χ0) is 35.5. The van der Waals surface area contributed by atoms with Crippen molar-refractivity contribution < 1.29 is 34.0 Å². The number of carbonyl (C=O) groups excluding carboxylic acids is 2. The van der Waals surface area contributed by atoms with Gasteiger partial charge in [-0.05, 0) is 66.4 Å². The molecule has 1 fully saturated rings. The summed E-state index contributed by atoms with van der Waals surface area (Å²) in [5.74, 6) is -0.490. The van der Waals surface area contributed by atoms with E-state index in [1.165, 1.54) is 0 Å². The Kier molecular flexibility index (Phi) is 13.1. The number of hydrogen-bond acceptors (Lipinski definition) is 8. The fourth-order valence-electron chi connectivity index (χ4n) is 6.03. The molecule has 1 aliphatic heterocycles. The van der Waals surface area contributed by atoms with Gasteiger partial charge in [0.25, 0.3) is 0 Å². The normalized spacial score (nSPS) is 18.6. The van der Waals surface area contributed by atoms with Crippen molar-refractivity contribution in [3.63, 3.8) is 0 Å². The molecule has 1 aliphatic rings. The lowest BCUT2D eigenvalue weighted by atomic mass is 9.97. The number of hydrogen-bond donors (Lipinski definition) is 4. The van der Waals surface area contributed by atoms with E-state index in [9.17, 15) is 19.8 Å². The lowest BCUT2D eigenvalue weighted by Gasteiger charge is -2.39. The number of carbonyl (C=O) groups is 2. The van der Waals surface area contributed by atoms with Crippen LogP contribution in [-0.4, -0.2) is 66.0 Å². The summed E-state index contributed by atoms with van der Waals surface area (Å²) in [4.78, 5) is 25.9. The van der Waals surface area contributed by atoms with Crippen molar-refractivity contribution in [2.45, 2.75) is 64.1 Å². The van der Waals surface area contributed by atoms with Gasteiger partial charge in [0.15, 0.2) is 6.29 Å². The van der Waals surface area contributed by atoms with Gasteiger partial charge >= 0.3 is 12.0 Å². The second-order valence-corrected chi connectivity index (χ2v) is 12.6. The monoisotopic (exact) mass is 681 g/mol. The summed E-state index contributed by atoms with van der Waals surface area (Å²) in [6.45, 7) is 4.62. The Bertz CT molecular complexity index is 1680. The fourth-order valence-corrected chi connectivity index (χ4v) is 6.03. The molecule has 4 aromatic rings. The number of benzene rings is 4. The van der Waals surface area contributed by atoms with E-state index >= 15 is 0 Å². The number of nitrogens with zero attached hydrogens (tertiary/aromatic N) is 1. The standard InChI is InChI=1S/C40H47N3O7/c1-4-48-37(45)24-42-40(47)41-23-29-10-8-13-32(20-29)33-14-9-15-34(21-33)39-49-35(22-36(50-39)30-18-16-28(26-44)17-19-30)25-43(3)27(2)38(46)31-11-6-5-7-12-31/h5-21,27,35-36,38-39,44,46H,4,22-26H2,1-3H3,(H2,41,42,47)/t27-,35+,36-,38-,39-/m0/s1. The average Bonchev–Trinajstić information content (AvgIpc) is 3.16. The van der Waals surface area contributed by atoms with Gasteiger partial charge in [-0.2, -0.15) is 0 Å². The van der Waals surface area contributed by atoms with Crippen LogP contribution < -0.4 is 10.6 Å². The molecule has 0 aromatic heterocycles. The van der Waals surface area contributed by atoms with Crippen molar-refractivity contribution in [2.75, 3.05) is 26.7 Å². The average molecular weight is 682 g/mol. The second kappa shape index (κ2) is 17.9. The van der Waals surface area contributed by atoms with Crippen molar-refractivity contribution >= 4 is 12.0 Å². The number of ether oxygens (including phenoxy) is 3. The molecule has 0 radical (unpaired) electrons. The molecule has 0 unspecified atom stereocenters. The van der Waals surface area contributed by atoms with E-state index < -0.39 is 24.4 Å². The third-order valence-corrected chi connectivity index (χ3v) is 8.97. The maximum absolute atomic E-state index is 12.2. The van der Waals surface area contributed by atoms with Gasteiger partial charge in [0, 0.05) is 31.1 Å². The minimum Gasteiger partial charge on any atom is -0.465 e. The lowest BCUT2D eigenvalue weighted by Crippen LogP contribution is -2.43. The highest BCUT2D eigenvalue weighted by Crippen LogP contribution is 2.39. The minimum absolute atomic E-state index is 0.0284. The highest BCUT2D eigenvalue weighted by Gasteiger charge is 2.34. The predicted molar refractivity (Wildman–Crippen MR) is 191 cm³/mol. The molecule has 0 aliphatic carbocycles. The summed E-state index contributed by atoms with van der Waals surface area (Å²) >= 11 is 0. The van der Waals surface area contributed by atoms with Gasteiger partial charge in [-0.1, -0.05) is 91.0 Å². The summed E-state index contributed by atoms with van der Waals surface area (Å²) in [5.41, 5.74) is 6.39. The smallest absolute Gasteiger partial charge is 0.325 e. The molecular formula is C40H47N3O7. The molecule has 0 bridgehead atoms. The molecule has 1 heterocycles. The third kappa shape index (κ3) is 9.99. The van der Waals surface area contributed by atoms with Crippen molar-refractivity contribution in [3.05, 3.63) is 131 Å². The maximum Gasteiger partial charge on any atom is 0.325 e. The van der Waals surface area contributed by atoms with E-state index in [4.69, 9.17) is 14.2 Å². The summed E-state index contributed by atoms with van der Waals surface area (Å²) in [6, 6.07) is 32.8. The SMILES string of the molecule is CCOC(=O)CNC(=O)NCc1cccc(-c2cccc([C@H]3O[C@@H](CN(C)[C@@H](C)[C@H](O)c4ccccc4)C[C@@H](c4ccc(CO)cc4)O3)c2)c1. The predicted octanol–water partition coefficient (Wildman–Crippen LogP) is 5.81. The first-order valence-corrected chi connectivity index (χ1v) is 17.0. The van der Waals surface area contributed by atoms with Crippen molar-refractivity contribution in [1.82, 2.24) is 15.5 Å². The third-order valence-electron chi connectivity index (χ3n) is 8.97. The van der Waals surface area contributed by atoms with Gasteiger partial charge in [0.1, 0.15) is 6.54 Å². The van der Waals surface area contributed by atoms with Crippen LogP contribution in [0.5, 0.6) is 0 Å². The molecule has 0 saturated carbocycles. The highest BCUT2D eigenvalue weighted by molar-refractivity contribution is 5.80. The van der Waals surface area contributed by atoms with E-state index in [1.807, 2.05) is 111 Å². The molecule has 4 N–H and O–H groups in total.